The molecule has 2 N–H and O–H groups in total. The second-order valence-electron chi connectivity index (χ2n) is 15.0. The molecule has 2 aliphatic heterocycles. The number of carbonyl (C=O) groups excluding carboxylic acids is 1. The van der Waals surface area contributed by atoms with Gasteiger partial charge in [-0.3, -0.25) is 9.69 Å². The van der Waals surface area contributed by atoms with Crippen LogP contribution in [-0.2, 0) is 42.1 Å². The number of hydrogen-bond donors (Lipinski definition) is 2. The lowest BCUT2D eigenvalue weighted by Crippen LogP contribution is -2.54. The topological polar surface area (TPSA) is 147 Å². The molecular formula is C47H40Cl2N4O7. The van der Waals surface area contributed by atoms with Gasteiger partial charge >= 0.3 is 5.97 Å². The summed E-state index contributed by atoms with van der Waals surface area (Å²) in [6.07, 6.45) is 0.0520. The summed E-state index contributed by atoms with van der Waals surface area (Å²) >= 11 is 12.2. The largest absolute Gasteiger partial charge is 0.489 e. The van der Waals surface area contributed by atoms with Crippen molar-refractivity contribution in [3.8, 4) is 34.4 Å². The first kappa shape index (κ1) is 40.5. The van der Waals surface area contributed by atoms with E-state index in [1.165, 1.54) is 0 Å². The maximum absolute atomic E-state index is 14.2. The molecule has 0 saturated heterocycles. The van der Waals surface area contributed by atoms with Crippen molar-refractivity contribution in [2.24, 2.45) is 0 Å². The third-order valence-electron chi connectivity index (χ3n) is 11.0. The number of amides is 1. The summed E-state index contributed by atoms with van der Waals surface area (Å²) in [5, 5.41) is 27.4. The summed E-state index contributed by atoms with van der Waals surface area (Å²) < 4.78 is 24.2. The molecule has 13 heteroatoms. The number of nitrogens with zero attached hydrogens (tertiary/aromatic N) is 3. The fourth-order valence-corrected chi connectivity index (χ4v) is 7.89. The Hall–Kier alpha value is -6.32. The first-order valence-corrected chi connectivity index (χ1v) is 20.2. The number of carboxylic acid groups (broad SMARTS) is 1. The van der Waals surface area contributed by atoms with E-state index in [0.717, 1.165) is 50.2 Å². The normalized spacial score (nSPS) is 16.3. The predicted molar refractivity (Wildman–Crippen MR) is 225 cm³/mol. The maximum Gasteiger partial charge on any atom is 0.326 e. The van der Waals surface area contributed by atoms with Crippen LogP contribution in [0.25, 0.3) is 11.1 Å². The zero-order valence-corrected chi connectivity index (χ0v) is 34.3. The molecule has 5 aromatic carbocycles. The summed E-state index contributed by atoms with van der Waals surface area (Å²) in [5.74, 6) is 0.999. The Morgan fingerprint density at radius 1 is 0.917 bits per heavy atom. The van der Waals surface area contributed by atoms with Crippen LogP contribution in [0.4, 0.5) is 0 Å². The molecule has 3 atom stereocenters. The van der Waals surface area contributed by atoms with Gasteiger partial charge in [-0.1, -0.05) is 83.0 Å². The van der Waals surface area contributed by atoms with Crippen LogP contribution in [0.5, 0.6) is 17.2 Å². The quantitative estimate of drug-likeness (QED) is 0.122. The molecule has 8 rings (SSSR count). The van der Waals surface area contributed by atoms with E-state index in [-0.39, 0.29) is 19.1 Å². The summed E-state index contributed by atoms with van der Waals surface area (Å²) in [6.45, 7) is 5.08. The van der Waals surface area contributed by atoms with Gasteiger partial charge in [0, 0.05) is 25.1 Å². The molecule has 1 unspecified atom stereocenters. The summed E-state index contributed by atoms with van der Waals surface area (Å²) in [5.41, 5.74) is 8.50. The van der Waals surface area contributed by atoms with Crippen molar-refractivity contribution in [1.82, 2.24) is 15.4 Å². The van der Waals surface area contributed by atoms with Gasteiger partial charge in [0.2, 0.25) is 5.91 Å². The summed E-state index contributed by atoms with van der Waals surface area (Å²) in [7, 11) is 0. The highest BCUT2D eigenvalue weighted by molar-refractivity contribution is 6.42. The number of benzene rings is 5. The van der Waals surface area contributed by atoms with E-state index in [2.05, 4.69) is 16.5 Å². The Kier molecular flexibility index (Phi) is 11.8. The second-order valence-corrected chi connectivity index (χ2v) is 15.8. The highest BCUT2D eigenvalue weighted by atomic mass is 35.5. The van der Waals surface area contributed by atoms with E-state index in [4.69, 9.17) is 47.2 Å². The molecule has 0 bridgehead atoms. The van der Waals surface area contributed by atoms with E-state index in [1.54, 1.807) is 24.3 Å². The molecule has 3 heterocycles. The number of fused-ring (bicyclic) bond motifs is 2. The Morgan fingerprint density at radius 2 is 1.62 bits per heavy atom. The number of carbonyl (C=O) groups is 2. The molecule has 6 aromatic rings. The third kappa shape index (κ3) is 8.97. The highest BCUT2D eigenvalue weighted by Gasteiger charge is 2.36. The van der Waals surface area contributed by atoms with Crippen LogP contribution in [0.1, 0.15) is 56.5 Å². The molecule has 0 spiro atoms. The number of hydrogen-bond acceptors (Lipinski definition) is 9. The van der Waals surface area contributed by atoms with Crippen molar-refractivity contribution in [1.29, 1.82) is 5.26 Å². The molecule has 60 heavy (non-hydrogen) atoms. The molecule has 304 valence electrons. The molecule has 1 amide bonds. The lowest BCUT2D eigenvalue weighted by molar-refractivity contribution is -0.142. The van der Waals surface area contributed by atoms with Crippen LogP contribution in [0.15, 0.2) is 108 Å². The maximum atomic E-state index is 14.2. The Labute approximate surface area is 357 Å². The van der Waals surface area contributed by atoms with Crippen LogP contribution >= 0.6 is 23.2 Å². The molecule has 1 aromatic heterocycles. The van der Waals surface area contributed by atoms with Crippen molar-refractivity contribution >= 4 is 35.1 Å². The van der Waals surface area contributed by atoms with Gasteiger partial charge in [0.05, 0.1) is 33.4 Å². The van der Waals surface area contributed by atoms with Crippen LogP contribution in [0, 0.1) is 25.2 Å². The number of nitrogens with one attached hydrogen (secondary N) is 1. The standard InChI is InChI=1S/C47H40Cl2N4O7/c1-27-38(28(2)60-52-27)24-53-23-36-21-44-43(58-26-45(59-44)34-12-14-37(15-13-34)57-25-31-7-16-39(48)40(49)17-31)20-35(36)19-42(53)46(54)51-41(47(55)56)18-29-3-8-32(9-4-29)33-10-5-30(22-50)6-11-33/h3-17,20-21,41-42,45H,18-19,23-26H2,1-2H3,(H,51,54)(H,55,56)/t41-,42?,45+/m0/s1. The molecular weight excluding hydrogens is 803 g/mol. The number of nitriles is 1. The van der Waals surface area contributed by atoms with Gasteiger partial charge in [-0.05, 0) is 108 Å². The lowest BCUT2D eigenvalue weighted by atomic mass is 9.91. The van der Waals surface area contributed by atoms with Crippen LogP contribution in [-0.4, -0.2) is 45.7 Å². The number of ether oxygens (including phenoxy) is 3. The van der Waals surface area contributed by atoms with Crippen molar-refractivity contribution in [2.45, 2.75) is 64.6 Å². The van der Waals surface area contributed by atoms with Gasteiger partial charge in [-0.15, -0.1) is 0 Å². The molecule has 11 nitrogen and oxygen atoms in total. The van der Waals surface area contributed by atoms with Crippen molar-refractivity contribution in [3.05, 3.63) is 164 Å². The van der Waals surface area contributed by atoms with E-state index >= 15 is 0 Å². The summed E-state index contributed by atoms with van der Waals surface area (Å²) in [6, 6.07) is 32.0. The van der Waals surface area contributed by atoms with Crippen molar-refractivity contribution in [3.63, 3.8) is 0 Å². The van der Waals surface area contributed by atoms with Gasteiger partial charge in [0.25, 0.3) is 0 Å². The van der Waals surface area contributed by atoms with Crippen molar-refractivity contribution in [2.75, 3.05) is 6.61 Å². The van der Waals surface area contributed by atoms with Gasteiger partial charge in [0.1, 0.15) is 30.8 Å². The van der Waals surface area contributed by atoms with Crippen molar-refractivity contribution < 1.29 is 33.4 Å². The lowest BCUT2D eigenvalue weighted by Gasteiger charge is -2.37. The zero-order valence-electron chi connectivity index (χ0n) is 32.8. The summed E-state index contributed by atoms with van der Waals surface area (Å²) in [4.78, 5) is 28.8. The molecule has 0 saturated carbocycles. The van der Waals surface area contributed by atoms with Gasteiger partial charge in [-0.2, -0.15) is 5.26 Å². The second kappa shape index (κ2) is 17.5. The molecule has 0 aliphatic carbocycles. The minimum absolute atomic E-state index is 0.0935. The average molecular weight is 844 g/mol. The zero-order chi connectivity index (χ0) is 41.9. The van der Waals surface area contributed by atoms with E-state index in [1.807, 2.05) is 97.6 Å². The highest BCUT2D eigenvalue weighted by Crippen LogP contribution is 2.41. The number of rotatable bonds is 12. The predicted octanol–water partition coefficient (Wildman–Crippen LogP) is 8.97. The first-order valence-electron chi connectivity index (χ1n) is 19.4. The van der Waals surface area contributed by atoms with Gasteiger partial charge in [-0.25, -0.2) is 4.79 Å². The van der Waals surface area contributed by atoms with Crippen LogP contribution in [0.2, 0.25) is 10.0 Å². The Balaban J connectivity index is 0.969. The number of aromatic nitrogens is 1. The van der Waals surface area contributed by atoms with E-state index < -0.39 is 24.0 Å². The van der Waals surface area contributed by atoms with Crippen LogP contribution < -0.4 is 19.5 Å². The molecule has 0 fully saturated rings. The fourth-order valence-electron chi connectivity index (χ4n) is 7.57. The number of halogens is 2. The fraction of sp³-hybridized carbons (Fsp3) is 0.234. The smallest absolute Gasteiger partial charge is 0.326 e. The third-order valence-corrected chi connectivity index (χ3v) is 11.7. The minimum Gasteiger partial charge on any atom is -0.489 e. The average Bonchev–Trinajstić information content (AvgIpc) is 3.58. The monoisotopic (exact) mass is 842 g/mol. The molecule has 2 aliphatic rings. The first-order chi connectivity index (χ1) is 29.0. The number of aliphatic carboxylic acids is 1. The van der Waals surface area contributed by atoms with E-state index in [0.29, 0.717) is 64.7 Å². The minimum atomic E-state index is -1.17. The van der Waals surface area contributed by atoms with E-state index in [9.17, 15) is 14.7 Å². The Bertz CT molecular complexity index is 2570. The Morgan fingerprint density at radius 3 is 2.28 bits per heavy atom. The van der Waals surface area contributed by atoms with Crippen LogP contribution in [0.3, 0.4) is 0 Å². The molecule has 0 radical (unpaired) electrons. The van der Waals surface area contributed by atoms with Gasteiger partial charge < -0.3 is 29.2 Å². The van der Waals surface area contributed by atoms with Gasteiger partial charge in [0.15, 0.2) is 17.6 Å². The SMILES string of the molecule is Cc1noc(C)c1CN1Cc2cc3c(cc2CC1C(=O)N[C@@H](Cc1ccc(-c2ccc(C#N)cc2)cc1)C(=O)O)OC[C@H](c1ccc(OCc2ccc(Cl)c(Cl)c2)cc1)O3. The number of aryl methyl sites for hydroxylation is 2. The number of carboxylic acids is 1.